The molecule has 1 heterocycles. The molecular formula is C34H36N2O4. The van der Waals surface area contributed by atoms with Gasteiger partial charge in [0.15, 0.2) is 0 Å². The Hall–Kier alpha value is -4.29. The normalized spacial score (nSPS) is 13.7. The number of hydrogen-bond donors (Lipinski definition) is 0. The van der Waals surface area contributed by atoms with E-state index < -0.39 is 0 Å². The van der Waals surface area contributed by atoms with Crippen LogP contribution in [0.5, 0.6) is 17.2 Å². The number of piperazine rings is 1. The van der Waals surface area contributed by atoms with E-state index >= 15 is 0 Å². The van der Waals surface area contributed by atoms with Crippen LogP contribution in [0.15, 0.2) is 103 Å². The molecule has 0 aliphatic carbocycles. The third kappa shape index (κ3) is 6.46. The predicted octanol–water partition coefficient (Wildman–Crippen LogP) is 6.22. The van der Waals surface area contributed by atoms with Crippen molar-refractivity contribution in [3.05, 3.63) is 125 Å². The van der Waals surface area contributed by atoms with Crippen LogP contribution in [-0.4, -0.2) is 55.6 Å². The number of carbonyl (C=O) groups excluding carboxylic acids is 1. The summed E-state index contributed by atoms with van der Waals surface area (Å²) in [6.45, 7) is 5.71. The van der Waals surface area contributed by atoms with Crippen molar-refractivity contribution in [2.75, 3.05) is 39.9 Å². The molecule has 4 aromatic carbocycles. The highest BCUT2D eigenvalue weighted by Crippen LogP contribution is 2.30. The average Bonchev–Trinajstić information content (AvgIpc) is 3.02. The highest BCUT2D eigenvalue weighted by Gasteiger charge is 2.28. The molecule has 0 spiro atoms. The fourth-order valence-corrected chi connectivity index (χ4v) is 5.21. The lowest BCUT2D eigenvalue weighted by molar-refractivity contribution is 0.0597. The van der Waals surface area contributed by atoms with Gasteiger partial charge in [-0.2, -0.15) is 0 Å². The van der Waals surface area contributed by atoms with E-state index in [-0.39, 0.29) is 11.9 Å². The molecule has 0 N–H and O–H groups in total. The second-order valence-corrected chi connectivity index (χ2v) is 9.77. The molecule has 6 heteroatoms. The van der Waals surface area contributed by atoms with Gasteiger partial charge in [0.2, 0.25) is 0 Å². The third-order valence-corrected chi connectivity index (χ3v) is 7.26. The first-order valence-electron chi connectivity index (χ1n) is 13.8. The number of benzene rings is 4. The van der Waals surface area contributed by atoms with Gasteiger partial charge in [-0.3, -0.25) is 9.69 Å². The lowest BCUT2D eigenvalue weighted by Gasteiger charge is -2.40. The second kappa shape index (κ2) is 13.2. The van der Waals surface area contributed by atoms with Crippen molar-refractivity contribution in [1.82, 2.24) is 9.80 Å². The standard InChI is InChI=1S/C34H36N2O4/c1-3-39-32-19-14-28(24-29(32)25-40-31-17-15-30(38-2)16-18-31)34(37)36-22-20-35(21-23-36)33(26-10-6-4-7-11-26)27-12-8-5-9-13-27/h4-19,24,33H,3,20-23,25H2,1-2H3. The van der Waals surface area contributed by atoms with Gasteiger partial charge in [0.1, 0.15) is 23.9 Å². The van der Waals surface area contributed by atoms with Crippen LogP contribution in [0.2, 0.25) is 0 Å². The molecule has 0 unspecified atom stereocenters. The summed E-state index contributed by atoms with van der Waals surface area (Å²) < 4.78 is 17.1. The van der Waals surface area contributed by atoms with Crippen LogP contribution in [-0.2, 0) is 6.61 Å². The summed E-state index contributed by atoms with van der Waals surface area (Å²) in [6, 6.07) is 34.4. The first kappa shape index (κ1) is 27.3. The SMILES string of the molecule is CCOc1ccc(C(=O)N2CCN(C(c3ccccc3)c3ccccc3)CC2)cc1COc1ccc(OC)cc1. The van der Waals surface area contributed by atoms with Gasteiger partial charge in [-0.25, -0.2) is 0 Å². The molecule has 1 fully saturated rings. The fourth-order valence-electron chi connectivity index (χ4n) is 5.21. The van der Waals surface area contributed by atoms with Crippen LogP contribution in [0.1, 0.15) is 40.0 Å². The van der Waals surface area contributed by atoms with Crippen LogP contribution in [0.4, 0.5) is 0 Å². The molecule has 1 aliphatic rings. The van der Waals surface area contributed by atoms with Crippen LogP contribution >= 0.6 is 0 Å². The summed E-state index contributed by atoms with van der Waals surface area (Å²) in [5.74, 6) is 2.26. The lowest BCUT2D eigenvalue weighted by atomic mass is 9.96. The van der Waals surface area contributed by atoms with E-state index in [1.54, 1.807) is 7.11 Å². The molecular weight excluding hydrogens is 500 g/mol. The summed E-state index contributed by atoms with van der Waals surface area (Å²) in [7, 11) is 1.64. The van der Waals surface area contributed by atoms with Crippen molar-refractivity contribution in [2.24, 2.45) is 0 Å². The maximum Gasteiger partial charge on any atom is 0.253 e. The number of nitrogens with zero attached hydrogens (tertiary/aromatic N) is 2. The molecule has 4 aromatic rings. The summed E-state index contributed by atoms with van der Waals surface area (Å²) >= 11 is 0. The molecule has 5 rings (SSSR count). The number of hydrogen-bond acceptors (Lipinski definition) is 5. The maximum atomic E-state index is 13.6. The highest BCUT2D eigenvalue weighted by atomic mass is 16.5. The Balaban J connectivity index is 1.28. The zero-order valence-electron chi connectivity index (χ0n) is 23.2. The Labute approximate surface area is 236 Å². The van der Waals surface area contributed by atoms with Crippen molar-refractivity contribution in [3.8, 4) is 17.2 Å². The molecule has 0 saturated carbocycles. The quantitative estimate of drug-likeness (QED) is 0.241. The lowest BCUT2D eigenvalue weighted by Crippen LogP contribution is -2.49. The van der Waals surface area contributed by atoms with Crippen LogP contribution in [0, 0.1) is 0 Å². The van der Waals surface area contributed by atoms with E-state index in [0.29, 0.717) is 31.9 Å². The van der Waals surface area contributed by atoms with Crippen LogP contribution in [0.3, 0.4) is 0 Å². The fraction of sp³-hybridized carbons (Fsp3) is 0.265. The molecule has 1 saturated heterocycles. The van der Waals surface area contributed by atoms with Crippen molar-refractivity contribution in [3.63, 3.8) is 0 Å². The van der Waals surface area contributed by atoms with Crippen molar-refractivity contribution >= 4 is 5.91 Å². The number of methoxy groups -OCH3 is 1. The minimum Gasteiger partial charge on any atom is -0.497 e. The Morgan fingerprint density at radius 1 is 0.750 bits per heavy atom. The molecule has 40 heavy (non-hydrogen) atoms. The predicted molar refractivity (Wildman–Crippen MR) is 157 cm³/mol. The van der Waals surface area contributed by atoms with Gasteiger partial charge in [0.05, 0.1) is 19.8 Å². The number of carbonyl (C=O) groups is 1. The molecule has 1 aliphatic heterocycles. The Bertz CT molecular complexity index is 1330. The smallest absolute Gasteiger partial charge is 0.253 e. The van der Waals surface area contributed by atoms with Gasteiger partial charge in [0, 0.05) is 37.3 Å². The molecule has 0 atom stereocenters. The van der Waals surface area contributed by atoms with Crippen molar-refractivity contribution < 1.29 is 19.0 Å². The molecule has 6 nitrogen and oxygen atoms in total. The zero-order chi connectivity index (χ0) is 27.7. The molecule has 1 amide bonds. The van der Waals surface area contributed by atoms with Gasteiger partial charge in [-0.15, -0.1) is 0 Å². The third-order valence-electron chi connectivity index (χ3n) is 7.26. The Kier molecular flexibility index (Phi) is 8.99. The monoisotopic (exact) mass is 536 g/mol. The summed E-state index contributed by atoms with van der Waals surface area (Å²) in [5, 5.41) is 0. The molecule has 0 bridgehead atoms. The first-order valence-corrected chi connectivity index (χ1v) is 13.8. The topological polar surface area (TPSA) is 51.2 Å². The average molecular weight is 537 g/mol. The van der Waals surface area contributed by atoms with Gasteiger partial charge >= 0.3 is 0 Å². The summed E-state index contributed by atoms with van der Waals surface area (Å²) in [5.41, 5.74) is 4.02. The Morgan fingerprint density at radius 2 is 1.35 bits per heavy atom. The Morgan fingerprint density at radius 3 is 1.93 bits per heavy atom. The van der Waals surface area contributed by atoms with E-state index in [1.165, 1.54) is 11.1 Å². The largest absolute Gasteiger partial charge is 0.497 e. The minimum absolute atomic E-state index is 0.0318. The van der Waals surface area contributed by atoms with E-state index in [1.807, 2.05) is 54.3 Å². The molecule has 0 aromatic heterocycles. The van der Waals surface area contributed by atoms with Gasteiger partial charge < -0.3 is 19.1 Å². The van der Waals surface area contributed by atoms with Crippen molar-refractivity contribution in [1.29, 1.82) is 0 Å². The van der Waals surface area contributed by atoms with Gasteiger partial charge in [-0.05, 0) is 60.5 Å². The minimum atomic E-state index is 0.0318. The zero-order valence-corrected chi connectivity index (χ0v) is 23.2. The van der Waals surface area contributed by atoms with E-state index in [2.05, 4.69) is 65.6 Å². The highest BCUT2D eigenvalue weighted by molar-refractivity contribution is 5.94. The van der Waals surface area contributed by atoms with Crippen LogP contribution < -0.4 is 14.2 Å². The second-order valence-electron chi connectivity index (χ2n) is 9.77. The van der Waals surface area contributed by atoms with E-state index in [0.717, 1.165) is 35.9 Å². The number of amides is 1. The summed E-state index contributed by atoms with van der Waals surface area (Å²) in [4.78, 5) is 18.0. The van der Waals surface area contributed by atoms with E-state index in [4.69, 9.17) is 14.2 Å². The first-order chi connectivity index (χ1) is 19.7. The number of rotatable bonds is 10. The molecule has 0 radical (unpaired) electrons. The van der Waals surface area contributed by atoms with E-state index in [9.17, 15) is 4.79 Å². The number of ether oxygens (including phenoxy) is 3. The summed E-state index contributed by atoms with van der Waals surface area (Å²) in [6.07, 6.45) is 0. The maximum absolute atomic E-state index is 13.6. The van der Waals surface area contributed by atoms with Gasteiger partial charge in [-0.1, -0.05) is 60.7 Å². The van der Waals surface area contributed by atoms with Crippen molar-refractivity contribution in [2.45, 2.75) is 19.6 Å². The molecule has 206 valence electrons. The van der Waals surface area contributed by atoms with Crippen LogP contribution in [0.25, 0.3) is 0 Å². The van der Waals surface area contributed by atoms with Gasteiger partial charge in [0.25, 0.3) is 5.91 Å².